The van der Waals surface area contributed by atoms with Gasteiger partial charge in [0.2, 0.25) is 5.91 Å². The van der Waals surface area contributed by atoms with Crippen molar-refractivity contribution in [1.29, 1.82) is 0 Å². The first-order valence-corrected chi connectivity index (χ1v) is 12.4. The van der Waals surface area contributed by atoms with Crippen LogP contribution in [0.3, 0.4) is 0 Å². The van der Waals surface area contributed by atoms with Gasteiger partial charge in [0, 0.05) is 12.1 Å². The molecule has 26 heavy (non-hydrogen) atoms. The Balaban J connectivity index is 1.75. The van der Waals surface area contributed by atoms with Crippen molar-refractivity contribution in [1.82, 2.24) is 4.90 Å². The molecule has 0 aliphatic carbocycles. The van der Waals surface area contributed by atoms with Crippen LogP contribution in [0, 0.1) is 0 Å². The Labute approximate surface area is 158 Å². The average molecular weight is 421 g/mol. The quantitative estimate of drug-likeness (QED) is 0.761. The number of para-hydroxylation sites is 1. The van der Waals surface area contributed by atoms with Gasteiger partial charge < -0.3 is 5.32 Å². The van der Waals surface area contributed by atoms with Gasteiger partial charge in [-0.3, -0.25) is 9.69 Å². The molecule has 0 saturated carbocycles. The number of hydrogen-bond acceptors (Lipinski definition) is 6. The fourth-order valence-electron chi connectivity index (χ4n) is 3.55. The Morgan fingerprint density at radius 2 is 1.58 bits per heavy atom. The molecule has 144 valence electrons. The zero-order valence-corrected chi connectivity index (χ0v) is 16.5. The molecule has 0 bridgehead atoms. The number of carbonyl (C=O) groups excluding carboxylic acids is 1. The molecule has 0 aromatic heterocycles. The van der Waals surface area contributed by atoms with Crippen molar-refractivity contribution >= 4 is 42.9 Å². The summed E-state index contributed by atoms with van der Waals surface area (Å²) in [4.78, 5) is 14.3. The minimum Gasteiger partial charge on any atom is -0.324 e. The van der Waals surface area contributed by atoms with Crippen LogP contribution < -0.4 is 5.32 Å². The second-order valence-corrected chi connectivity index (χ2v) is 11.7. The van der Waals surface area contributed by atoms with Gasteiger partial charge in [0.05, 0.1) is 40.3 Å². The number of carbonyl (C=O) groups is 1. The van der Waals surface area contributed by atoms with Crippen LogP contribution in [0.1, 0.15) is 12.8 Å². The predicted octanol–water partition coefficient (Wildman–Crippen LogP) is 0.955. The van der Waals surface area contributed by atoms with Crippen LogP contribution in [-0.4, -0.2) is 69.3 Å². The highest BCUT2D eigenvalue weighted by molar-refractivity contribution is 7.92. The largest absolute Gasteiger partial charge is 0.324 e. The zero-order valence-electron chi connectivity index (χ0n) is 14.1. The molecular weight excluding hydrogens is 400 g/mol. The summed E-state index contributed by atoms with van der Waals surface area (Å²) in [6.07, 6.45) is 0.830. The molecule has 2 aliphatic heterocycles. The van der Waals surface area contributed by atoms with E-state index in [9.17, 15) is 21.6 Å². The van der Waals surface area contributed by atoms with Crippen LogP contribution in [0.2, 0.25) is 5.02 Å². The van der Waals surface area contributed by atoms with Crippen LogP contribution in [0.4, 0.5) is 5.69 Å². The van der Waals surface area contributed by atoms with E-state index < -0.39 is 19.7 Å². The topological polar surface area (TPSA) is 101 Å². The fraction of sp³-hybridized carbons (Fsp3) is 0.562. The van der Waals surface area contributed by atoms with E-state index in [1.165, 1.54) is 0 Å². The van der Waals surface area contributed by atoms with Crippen LogP contribution in [0.5, 0.6) is 0 Å². The van der Waals surface area contributed by atoms with Crippen molar-refractivity contribution in [3.8, 4) is 0 Å². The first-order chi connectivity index (χ1) is 12.2. The molecular formula is C16H21ClN2O5S2. The maximum absolute atomic E-state index is 12.5. The van der Waals surface area contributed by atoms with E-state index in [4.69, 9.17) is 11.6 Å². The Morgan fingerprint density at radius 3 is 2.04 bits per heavy atom. The number of hydrogen-bond donors (Lipinski definition) is 1. The number of halogens is 1. The monoisotopic (exact) mass is 420 g/mol. The molecule has 2 saturated heterocycles. The van der Waals surface area contributed by atoms with E-state index in [2.05, 4.69) is 5.32 Å². The van der Waals surface area contributed by atoms with E-state index in [1.54, 1.807) is 29.2 Å². The molecule has 2 aliphatic rings. The number of sulfone groups is 2. The SMILES string of the molecule is O=C(CN(C1CCS(=O)(=O)C1)C1CCS(=O)(=O)C1)Nc1ccccc1Cl. The number of anilines is 1. The molecule has 1 aromatic rings. The molecule has 1 amide bonds. The molecule has 7 nitrogen and oxygen atoms in total. The summed E-state index contributed by atoms with van der Waals surface area (Å²) in [5.41, 5.74) is 0.470. The van der Waals surface area contributed by atoms with Crippen LogP contribution in [0.25, 0.3) is 0 Å². The van der Waals surface area contributed by atoms with Crippen molar-refractivity contribution in [2.75, 3.05) is 34.9 Å². The Morgan fingerprint density at radius 1 is 1.04 bits per heavy atom. The van der Waals surface area contributed by atoms with E-state index in [0.717, 1.165) is 0 Å². The van der Waals surface area contributed by atoms with E-state index in [0.29, 0.717) is 23.6 Å². The molecule has 0 spiro atoms. The van der Waals surface area contributed by atoms with Crippen LogP contribution in [-0.2, 0) is 24.5 Å². The number of benzene rings is 1. The van der Waals surface area contributed by atoms with Crippen molar-refractivity contribution < 1.29 is 21.6 Å². The molecule has 1 aromatic carbocycles. The van der Waals surface area contributed by atoms with Gasteiger partial charge in [-0.2, -0.15) is 0 Å². The van der Waals surface area contributed by atoms with Gasteiger partial charge in [0.1, 0.15) is 0 Å². The highest BCUT2D eigenvalue weighted by Crippen LogP contribution is 2.26. The maximum Gasteiger partial charge on any atom is 0.238 e. The standard InChI is InChI=1S/C16H21ClN2O5S2/c17-14-3-1-2-4-15(14)18-16(20)9-19(12-5-7-25(21,22)10-12)13-6-8-26(23,24)11-13/h1-4,12-13H,5-11H2,(H,18,20). The van der Waals surface area contributed by atoms with Gasteiger partial charge in [-0.25, -0.2) is 16.8 Å². The van der Waals surface area contributed by atoms with Gasteiger partial charge in [-0.1, -0.05) is 23.7 Å². The lowest BCUT2D eigenvalue weighted by Crippen LogP contribution is -2.48. The number of amides is 1. The number of rotatable bonds is 5. The predicted molar refractivity (Wildman–Crippen MR) is 101 cm³/mol. The van der Waals surface area contributed by atoms with Crippen molar-refractivity contribution in [3.63, 3.8) is 0 Å². The molecule has 0 radical (unpaired) electrons. The second kappa shape index (κ2) is 7.46. The lowest BCUT2D eigenvalue weighted by Gasteiger charge is -2.32. The van der Waals surface area contributed by atoms with Crippen molar-refractivity contribution in [2.45, 2.75) is 24.9 Å². The van der Waals surface area contributed by atoms with Gasteiger partial charge in [0.25, 0.3) is 0 Å². The molecule has 3 rings (SSSR count). The number of nitrogens with one attached hydrogen (secondary N) is 1. The lowest BCUT2D eigenvalue weighted by molar-refractivity contribution is -0.118. The van der Waals surface area contributed by atoms with Gasteiger partial charge in [0.15, 0.2) is 19.7 Å². The van der Waals surface area contributed by atoms with E-state index in [-0.39, 0.29) is 47.5 Å². The molecule has 2 fully saturated rings. The van der Waals surface area contributed by atoms with Gasteiger partial charge in [-0.05, 0) is 25.0 Å². The summed E-state index contributed by atoms with van der Waals surface area (Å²) in [7, 11) is -6.29. The van der Waals surface area contributed by atoms with Crippen molar-refractivity contribution in [2.24, 2.45) is 0 Å². The molecule has 1 N–H and O–H groups in total. The Bertz CT molecular complexity index is 857. The highest BCUT2D eigenvalue weighted by Gasteiger charge is 2.40. The smallest absolute Gasteiger partial charge is 0.238 e. The second-order valence-electron chi connectivity index (χ2n) is 6.81. The van der Waals surface area contributed by atoms with E-state index >= 15 is 0 Å². The fourth-order valence-corrected chi connectivity index (χ4v) is 7.22. The van der Waals surface area contributed by atoms with E-state index in [1.807, 2.05) is 0 Å². The average Bonchev–Trinajstić information content (AvgIpc) is 3.09. The Kier molecular flexibility index (Phi) is 5.62. The molecule has 2 unspecified atom stereocenters. The summed E-state index contributed by atoms with van der Waals surface area (Å²) < 4.78 is 47.4. The van der Waals surface area contributed by atoms with Crippen LogP contribution >= 0.6 is 11.6 Å². The normalized spacial score (nSPS) is 26.8. The Hall–Kier alpha value is -1.16. The molecule has 2 heterocycles. The van der Waals surface area contributed by atoms with Gasteiger partial charge in [-0.15, -0.1) is 0 Å². The maximum atomic E-state index is 12.5. The first-order valence-electron chi connectivity index (χ1n) is 8.36. The third-order valence-electron chi connectivity index (χ3n) is 4.83. The summed E-state index contributed by atoms with van der Waals surface area (Å²) in [6, 6.07) is 6.14. The van der Waals surface area contributed by atoms with Crippen LogP contribution in [0.15, 0.2) is 24.3 Å². The molecule has 2 atom stereocenters. The highest BCUT2D eigenvalue weighted by atomic mass is 35.5. The van der Waals surface area contributed by atoms with Gasteiger partial charge >= 0.3 is 0 Å². The third kappa shape index (κ3) is 4.76. The lowest BCUT2D eigenvalue weighted by atomic mass is 10.1. The summed E-state index contributed by atoms with van der Waals surface area (Å²) >= 11 is 6.05. The zero-order chi connectivity index (χ0) is 18.9. The minimum atomic E-state index is -3.14. The number of nitrogens with zero attached hydrogens (tertiary/aromatic N) is 1. The summed E-state index contributed by atoms with van der Waals surface area (Å²) in [6.45, 7) is -0.0639. The van der Waals surface area contributed by atoms with Crippen molar-refractivity contribution in [3.05, 3.63) is 29.3 Å². The summed E-state index contributed by atoms with van der Waals surface area (Å²) in [5, 5.41) is 3.12. The summed E-state index contributed by atoms with van der Waals surface area (Å²) in [5.74, 6) is -0.280. The minimum absolute atomic E-state index is 0.0388. The third-order valence-corrected chi connectivity index (χ3v) is 8.66. The molecule has 10 heteroatoms. The first kappa shape index (κ1) is 19.6.